The molecule has 0 aliphatic carbocycles. The van der Waals surface area contributed by atoms with Crippen LogP contribution in [0.1, 0.15) is 23.0 Å². The summed E-state index contributed by atoms with van der Waals surface area (Å²) in [6.45, 7) is 1.30. The second-order valence-corrected chi connectivity index (χ2v) is 3.71. The van der Waals surface area contributed by atoms with Gasteiger partial charge in [-0.25, -0.2) is 0 Å². The van der Waals surface area contributed by atoms with Crippen LogP contribution in [0.4, 0.5) is 13.2 Å². The van der Waals surface area contributed by atoms with Crippen molar-refractivity contribution in [3.05, 3.63) is 41.6 Å². The maximum atomic E-state index is 12.5. The van der Waals surface area contributed by atoms with Gasteiger partial charge in [-0.2, -0.15) is 13.2 Å². The second-order valence-electron chi connectivity index (χ2n) is 3.71. The third-order valence-corrected chi connectivity index (χ3v) is 2.35. The van der Waals surface area contributed by atoms with Crippen LogP contribution in [-0.2, 0) is 6.18 Å². The van der Waals surface area contributed by atoms with Gasteiger partial charge in [0.2, 0.25) is 0 Å². The third-order valence-electron chi connectivity index (χ3n) is 2.35. The van der Waals surface area contributed by atoms with Crippen LogP contribution in [0.25, 0.3) is 11.3 Å². The number of nitrogens with zero attached hydrogens (tertiary/aromatic N) is 1. The molecule has 0 aliphatic heterocycles. The summed E-state index contributed by atoms with van der Waals surface area (Å²) >= 11 is 0. The molecule has 3 nitrogen and oxygen atoms in total. The Morgan fingerprint density at radius 3 is 2.56 bits per heavy atom. The zero-order valence-corrected chi connectivity index (χ0v) is 9.28. The number of alkyl halides is 3. The maximum Gasteiger partial charge on any atom is 0.416 e. The summed E-state index contributed by atoms with van der Waals surface area (Å²) in [7, 11) is 0. The molecule has 0 amide bonds. The molecule has 0 aliphatic rings. The lowest BCUT2D eigenvalue weighted by Gasteiger charge is -2.06. The van der Waals surface area contributed by atoms with E-state index in [9.17, 15) is 18.0 Å². The molecule has 1 aromatic heterocycles. The van der Waals surface area contributed by atoms with E-state index in [-0.39, 0.29) is 22.8 Å². The SMILES string of the molecule is CC(=O)c1cc(-c2cccc(C(F)(F)F)c2)on1. The molecule has 0 saturated carbocycles. The highest BCUT2D eigenvalue weighted by Gasteiger charge is 2.30. The van der Waals surface area contributed by atoms with Crippen molar-refractivity contribution in [3.63, 3.8) is 0 Å². The fourth-order valence-electron chi connectivity index (χ4n) is 1.43. The number of hydrogen-bond donors (Lipinski definition) is 0. The molecule has 0 unspecified atom stereocenters. The van der Waals surface area contributed by atoms with E-state index in [0.29, 0.717) is 0 Å². The molecule has 0 radical (unpaired) electrons. The van der Waals surface area contributed by atoms with Gasteiger partial charge < -0.3 is 4.52 Å². The van der Waals surface area contributed by atoms with Crippen molar-refractivity contribution in [1.82, 2.24) is 5.16 Å². The lowest BCUT2D eigenvalue weighted by atomic mass is 10.1. The largest absolute Gasteiger partial charge is 0.416 e. The molecule has 1 aromatic carbocycles. The Kier molecular flexibility index (Phi) is 2.94. The molecule has 2 rings (SSSR count). The van der Waals surface area contributed by atoms with E-state index >= 15 is 0 Å². The van der Waals surface area contributed by atoms with Gasteiger partial charge in [0.25, 0.3) is 0 Å². The molecule has 0 bridgehead atoms. The highest BCUT2D eigenvalue weighted by Crippen LogP contribution is 2.32. The maximum absolute atomic E-state index is 12.5. The van der Waals surface area contributed by atoms with Crippen LogP contribution in [-0.4, -0.2) is 10.9 Å². The number of rotatable bonds is 2. The van der Waals surface area contributed by atoms with Crippen molar-refractivity contribution >= 4 is 5.78 Å². The molecule has 0 fully saturated rings. The van der Waals surface area contributed by atoms with E-state index in [1.54, 1.807) is 0 Å². The summed E-state index contributed by atoms with van der Waals surface area (Å²) < 4.78 is 42.4. The number of ketones is 1. The van der Waals surface area contributed by atoms with Crippen LogP contribution in [0.2, 0.25) is 0 Å². The topological polar surface area (TPSA) is 43.1 Å². The molecule has 0 saturated heterocycles. The smallest absolute Gasteiger partial charge is 0.356 e. The van der Waals surface area contributed by atoms with Crippen LogP contribution in [0.15, 0.2) is 34.9 Å². The fraction of sp³-hybridized carbons (Fsp3) is 0.167. The Labute approximate surface area is 100 Å². The zero-order chi connectivity index (χ0) is 13.3. The zero-order valence-electron chi connectivity index (χ0n) is 9.28. The van der Waals surface area contributed by atoms with Gasteiger partial charge in [0, 0.05) is 18.6 Å². The summed E-state index contributed by atoms with van der Waals surface area (Å²) in [6.07, 6.45) is -4.42. The first-order valence-corrected chi connectivity index (χ1v) is 5.03. The first-order chi connectivity index (χ1) is 8.38. The van der Waals surface area contributed by atoms with E-state index in [1.807, 2.05) is 0 Å². The van der Waals surface area contributed by atoms with Crippen LogP contribution in [0, 0.1) is 0 Å². The predicted molar refractivity (Wildman–Crippen MR) is 56.9 cm³/mol. The first kappa shape index (κ1) is 12.3. The van der Waals surface area contributed by atoms with Gasteiger partial charge >= 0.3 is 6.18 Å². The Hall–Kier alpha value is -2.11. The van der Waals surface area contributed by atoms with Crippen LogP contribution in [0.5, 0.6) is 0 Å². The Morgan fingerprint density at radius 1 is 1.28 bits per heavy atom. The lowest BCUT2D eigenvalue weighted by Crippen LogP contribution is -2.04. The fourth-order valence-corrected chi connectivity index (χ4v) is 1.43. The Balaban J connectivity index is 2.41. The predicted octanol–water partition coefficient (Wildman–Crippen LogP) is 3.56. The van der Waals surface area contributed by atoms with Gasteiger partial charge in [0.05, 0.1) is 5.56 Å². The minimum Gasteiger partial charge on any atom is -0.356 e. The second kappa shape index (κ2) is 4.29. The summed E-state index contributed by atoms with van der Waals surface area (Å²) in [5, 5.41) is 3.48. The molecule has 0 N–H and O–H groups in total. The van der Waals surface area contributed by atoms with Crippen molar-refractivity contribution in [3.8, 4) is 11.3 Å². The minimum absolute atomic E-state index is 0.0856. The average molecular weight is 255 g/mol. The number of benzene rings is 1. The molecule has 94 valence electrons. The van der Waals surface area contributed by atoms with Crippen LogP contribution in [0.3, 0.4) is 0 Å². The lowest BCUT2D eigenvalue weighted by molar-refractivity contribution is -0.137. The standard InChI is InChI=1S/C12H8F3NO2/c1-7(17)10-6-11(18-16-10)8-3-2-4-9(5-8)12(13,14)15/h2-6H,1H3. The van der Waals surface area contributed by atoms with Gasteiger partial charge in [-0.05, 0) is 12.1 Å². The molecule has 0 atom stereocenters. The van der Waals surface area contributed by atoms with E-state index in [2.05, 4.69) is 5.16 Å². The third kappa shape index (κ3) is 2.42. The molecule has 0 spiro atoms. The normalized spacial score (nSPS) is 11.6. The van der Waals surface area contributed by atoms with E-state index in [1.165, 1.54) is 25.1 Å². The van der Waals surface area contributed by atoms with Gasteiger partial charge in [-0.3, -0.25) is 4.79 Å². The van der Waals surface area contributed by atoms with Gasteiger partial charge in [0.15, 0.2) is 11.5 Å². The van der Waals surface area contributed by atoms with Crippen LogP contribution < -0.4 is 0 Å². The monoisotopic (exact) mass is 255 g/mol. The quantitative estimate of drug-likeness (QED) is 0.770. The number of hydrogen-bond acceptors (Lipinski definition) is 3. The van der Waals surface area contributed by atoms with Crippen molar-refractivity contribution < 1.29 is 22.5 Å². The average Bonchev–Trinajstić information content (AvgIpc) is 2.77. The van der Waals surface area contributed by atoms with E-state index in [0.717, 1.165) is 12.1 Å². The van der Waals surface area contributed by atoms with Crippen molar-refractivity contribution in [2.75, 3.05) is 0 Å². The molecule has 2 aromatic rings. The van der Waals surface area contributed by atoms with Crippen molar-refractivity contribution in [2.24, 2.45) is 0 Å². The Bertz CT molecular complexity index is 587. The number of Topliss-reactive ketones (excluding diaryl/α,β-unsaturated/α-hetero) is 1. The summed E-state index contributed by atoms with van der Waals surface area (Å²) in [6, 6.07) is 5.96. The van der Waals surface area contributed by atoms with E-state index in [4.69, 9.17) is 4.52 Å². The number of halogens is 3. The van der Waals surface area contributed by atoms with Gasteiger partial charge in [-0.15, -0.1) is 0 Å². The minimum atomic E-state index is -4.42. The highest BCUT2D eigenvalue weighted by molar-refractivity contribution is 5.92. The summed E-state index contributed by atoms with van der Waals surface area (Å²) in [4.78, 5) is 11.0. The van der Waals surface area contributed by atoms with Crippen molar-refractivity contribution in [2.45, 2.75) is 13.1 Å². The van der Waals surface area contributed by atoms with Gasteiger partial charge in [-0.1, -0.05) is 17.3 Å². The Morgan fingerprint density at radius 2 is 2.00 bits per heavy atom. The highest BCUT2D eigenvalue weighted by atomic mass is 19.4. The molecular weight excluding hydrogens is 247 g/mol. The molecule has 18 heavy (non-hydrogen) atoms. The molecular formula is C12H8F3NO2. The molecule has 6 heteroatoms. The summed E-state index contributed by atoms with van der Waals surface area (Å²) in [5.74, 6) is -0.178. The van der Waals surface area contributed by atoms with Crippen molar-refractivity contribution in [1.29, 1.82) is 0 Å². The summed E-state index contributed by atoms with van der Waals surface area (Å²) in [5.41, 5.74) is -0.465. The van der Waals surface area contributed by atoms with E-state index < -0.39 is 11.7 Å². The number of carbonyl (C=O) groups is 1. The number of aromatic nitrogens is 1. The van der Waals surface area contributed by atoms with Crippen LogP contribution >= 0.6 is 0 Å². The van der Waals surface area contributed by atoms with Gasteiger partial charge in [0.1, 0.15) is 5.69 Å². The molecule has 1 heterocycles. The first-order valence-electron chi connectivity index (χ1n) is 5.03. The number of carbonyl (C=O) groups excluding carboxylic acids is 1.